The van der Waals surface area contributed by atoms with Gasteiger partial charge in [-0.05, 0) is 18.2 Å². The molecule has 76 valence electrons. The average molecular weight is 278 g/mol. The van der Waals surface area contributed by atoms with Crippen molar-refractivity contribution in [3.8, 4) is 6.07 Å². The summed E-state index contributed by atoms with van der Waals surface area (Å²) in [5.41, 5.74) is -0.0654. The van der Waals surface area contributed by atoms with Crippen molar-refractivity contribution in [2.75, 3.05) is 0 Å². The molecule has 0 spiro atoms. The third kappa shape index (κ3) is 14.2. The van der Waals surface area contributed by atoms with Crippen LogP contribution in [0.4, 0.5) is 0 Å². The van der Waals surface area contributed by atoms with Gasteiger partial charge in [-0.15, -0.1) is 5.60 Å². The van der Waals surface area contributed by atoms with Crippen LogP contribution in [-0.2, 0) is 0 Å². The van der Waals surface area contributed by atoms with Crippen LogP contribution in [0, 0.1) is 11.3 Å². The standard InChI is InChI=1S/C7H4BrN.C4H9O.Na/c8-7-3-1-2-6(4-7)5-9;1-4(2,3)5;/h1-4H;1-3H3;/q;-1;+1. The minimum atomic E-state index is -0.750. The van der Waals surface area contributed by atoms with E-state index < -0.39 is 5.60 Å². The van der Waals surface area contributed by atoms with Crippen LogP contribution in [-0.4, -0.2) is 5.60 Å². The van der Waals surface area contributed by atoms with Gasteiger partial charge in [-0.2, -0.15) is 5.26 Å². The third-order valence-electron chi connectivity index (χ3n) is 0.954. The summed E-state index contributed by atoms with van der Waals surface area (Å²) < 4.78 is 0.946. The maximum Gasteiger partial charge on any atom is 1.00 e. The zero-order chi connectivity index (χ0) is 11.2. The Hall–Kier alpha value is 0.150. The number of nitriles is 1. The van der Waals surface area contributed by atoms with Crippen LogP contribution in [0.25, 0.3) is 0 Å². The van der Waals surface area contributed by atoms with Gasteiger partial charge in [0.1, 0.15) is 0 Å². The SMILES string of the molecule is CC(C)(C)[O-].N#Cc1cccc(Br)c1.[Na+]. The van der Waals surface area contributed by atoms with Crippen LogP contribution in [0.1, 0.15) is 26.3 Å². The summed E-state index contributed by atoms with van der Waals surface area (Å²) in [6.07, 6.45) is 0. The number of hydrogen-bond acceptors (Lipinski definition) is 2. The Morgan fingerprint density at radius 2 is 1.80 bits per heavy atom. The smallest absolute Gasteiger partial charge is 0.850 e. The first-order valence-electron chi connectivity index (χ1n) is 4.19. The van der Waals surface area contributed by atoms with E-state index in [2.05, 4.69) is 15.9 Å². The van der Waals surface area contributed by atoms with Crippen molar-refractivity contribution in [2.45, 2.75) is 26.4 Å². The largest absolute Gasteiger partial charge is 1.00 e. The summed E-state index contributed by atoms with van der Waals surface area (Å²) >= 11 is 3.25. The van der Waals surface area contributed by atoms with Crippen LogP contribution < -0.4 is 34.7 Å². The Morgan fingerprint density at radius 3 is 2.07 bits per heavy atom. The van der Waals surface area contributed by atoms with Gasteiger partial charge in [-0.25, -0.2) is 0 Å². The van der Waals surface area contributed by atoms with Gasteiger partial charge in [0.25, 0.3) is 0 Å². The Balaban J connectivity index is 0. The Morgan fingerprint density at radius 1 is 1.33 bits per heavy atom. The molecule has 0 aliphatic heterocycles. The molecule has 0 heterocycles. The van der Waals surface area contributed by atoms with Gasteiger partial charge in [-0.3, -0.25) is 0 Å². The minimum absolute atomic E-state index is 0. The summed E-state index contributed by atoms with van der Waals surface area (Å²) in [5, 5.41) is 18.5. The molecule has 1 aromatic carbocycles. The topological polar surface area (TPSA) is 46.8 Å². The summed E-state index contributed by atoms with van der Waals surface area (Å²) in [6.45, 7) is 4.90. The zero-order valence-electron chi connectivity index (χ0n) is 9.54. The molecule has 0 aliphatic rings. The molecular weight excluding hydrogens is 265 g/mol. The van der Waals surface area contributed by atoms with Gasteiger partial charge in [0.05, 0.1) is 11.6 Å². The van der Waals surface area contributed by atoms with E-state index in [9.17, 15) is 5.11 Å². The normalized spacial score (nSPS) is 9.07. The summed E-state index contributed by atoms with van der Waals surface area (Å²) in [6, 6.07) is 9.31. The van der Waals surface area contributed by atoms with Crippen molar-refractivity contribution >= 4 is 15.9 Å². The molecule has 0 aromatic heterocycles. The predicted molar refractivity (Wildman–Crippen MR) is 58.6 cm³/mol. The van der Waals surface area contributed by atoms with E-state index in [1.165, 1.54) is 0 Å². The average Bonchev–Trinajstić information content (AvgIpc) is 2.01. The second kappa shape index (κ2) is 8.32. The van der Waals surface area contributed by atoms with Crippen LogP contribution in [0.2, 0.25) is 0 Å². The molecule has 0 N–H and O–H groups in total. The molecule has 0 saturated heterocycles. The Bertz CT molecular complexity index is 322. The summed E-state index contributed by atoms with van der Waals surface area (Å²) in [5.74, 6) is 0. The van der Waals surface area contributed by atoms with Crippen molar-refractivity contribution in [1.82, 2.24) is 0 Å². The first-order chi connectivity index (χ1) is 6.33. The van der Waals surface area contributed by atoms with E-state index in [-0.39, 0.29) is 29.6 Å². The van der Waals surface area contributed by atoms with Gasteiger partial charge < -0.3 is 5.11 Å². The van der Waals surface area contributed by atoms with Crippen molar-refractivity contribution in [3.05, 3.63) is 34.3 Å². The van der Waals surface area contributed by atoms with Crippen molar-refractivity contribution in [3.63, 3.8) is 0 Å². The molecule has 0 bridgehead atoms. The molecule has 0 aliphatic carbocycles. The van der Waals surface area contributed by atoms with Crippen molar-refractivity contribution < 1.29 is 34.7 Å². The van der Waals surface area contributed by atoms with E-state index in [0.29, 0.717) is 5.56 Å². The molecular formula is C11H13BrNNaO. The molecule has 1 rings (SSSR count). The maximum atomic E-state index is 10.1. The number of rotatable bonds is 0. The van der Waals surface area contributed by atoms with E-state index >= 15 is 0 Å². The first kappa shape index (κ1) is 17.5. The molecule has 0 saturated carbocycles. The van der Waals surface area contributed by atoms with Crippen molar-refractivity contribution in [2.24, 2.45) is 0 Å². The molecule has 2 nitrogen and oxygen atoms in total. The fourth-order valence-corrected chi connectivity index (χ4v) is 0.957. The number of halogens is 1. The molecule has 0 unspecified atom stereocenters. The minimum Gasteiger partial charge on any atom is -0.850 e. The quantitative estimate of drug-likeness (QED) is 0.599. The fourth-order valence-electron chi connectivity index (χ4n) is 0.558. The molecule has 1 aromatic rings. The van der Waals surface area contributed by atoms with Crippen LogP contribution >= 0.6 is 15.9 Å². The summed E-state index contributed by atoms with van der Waals surface area (Å²) in [7, 11) is 0. The van der Waals surface area contributed by atoms with Crippen molar-refractivity contribution in [1.29, 1.82) is 5.26 Å². The molecule has 4 heteroatoms. The van der Waals surface area contributed by atoms with E-state index in [0.717, 1.165) is 4.47 Å². The Labute approximate surface area is 122 Å². The van der Waals surface area contributed by atoms with Gasteiger partial charge in [0.15, 0.2) is 0 Å². The van der Waals surface area contributed by atoms with Crippen LogP contribution in [0.3, 0.4) is 0 Å². The maximum absolute atomic E-state index is 10.1. The van der Waals surface area contributed by atoms with Crippen LogP contribution in [0.15, 0.2) is 28.7 Å². The first-order valence-corrected chi connectivity index (χ1v) is 4.98. The number of hydrogen-bond donors (Lipinski definition) is 0. The molecule has 0 fully saturated rings. The Kier molecular flexibility index (Phi) is 9.73. The second-order valence-electron chi connectivity index (χ2n) is 3.73. The predicted octanol–water partition coefficient (Wildman–Crippen LogP) is -0.530. The molecule has 0 radical (unpaired) electrons. The number of nitrogens with zero attached hydrogens (tertiary/aromatic N) is 1. The molecule has 0 amide bonds. The monoisotopic (exact) mass is 277 g/mol. The zero-order valence-corrected chi connectivity index (χ0v) is 13.1. The second-order valence-corrected chi connectivity index (χ2v) is 4.65. The molecule has 15 heavy (non-hydrogen) atoms. The molecule has 0 atom stereocenters. The van der Waals surface area contributed by atoms with Gasteiger partial charge in [-0.1, -0.05) is 42.8 Å². The third-order valence-corrected chi connectivity index (χ3v) is 1.45. The van der Waals surface area contributed by atoms with E-state index in [1.54, 1.807) is 32.9 Å². The van der Waals surface area contributed by atoms with Gasteiger partial charge in [0, 0.05) is 4.47 Å². The number of benzene rings is 1. The summed E-state index contributed by atoms with van der Waals surface area (Å²) in [4.78, 5) is 0. The van der Waals surface area contributed by atoms with E-state index in [1.807, 2.05) is 18.2 Å². The van der Waals surface area contributed by atoms with E-state index in [4.69, 9.17) is 5.26 Å². The fraction of sp³-hybridized carbons (Fsp3) is 0.364. The van der Waals surface area contributed by atoms with Gasteiger partial charge >= 0.3 is 29.6 Å². The van der Waals surface area contributed by atoms with Crippen LogP contribution in [0.5, 0.6) is 0 Å². The van der Waals surface area contributed by atoms with Gasteiger partial charge in [0.2, 0.25) is 0 Å².